The van der Waals surface area contributed by atoms with Gasteiger partial charge in [-0.1, -0.05) is 71.8 Å². The van der Waals surface area contributed by atoms with Crippen molar-refractivity contribution < 1.29 is 43.6 Å². The Balaban J connectivity index is 0.940. The number of aliphatic hydroxyl groups is 2. The lowest BCUT2D eigenvalue weighted by Gasteiger charge is -2.26. The fourth-order valence-electron chi connectivity index (χ4n) is 10.2. The first kappa shape index (κ1) is 50.2. The van der Waals surface area contributed by atoms with Crippen LogP contribution >= 0.6 is 21.6 Å². The number of ketones is 1. The average Bonchev–Trinajstić information content (AvgIpc) is 3.90. The molecule has 71 heavy (non-hydrogen) atoms. The molecule has 14 heteroatoms. The Labute approximate surface area is 424 Å². The largest absolute Gasteiger partial charge is 0.493 e. The molecular formula is C57H63N3O9S2. The molecule has 0 saturated carbocycles. The van der Waals surface area contributed by atoms with Gasteiger partial charge >= 0.3 is 0 Å². The van der Waals surface area contributed by atoms with Crippen LogP contribution in [0.3, 0.4) is 0 Å². The van der Waals surface area contributed by atoms with Crippen molar-refractivity contribution in [1.82, 2.24) is 0 Å². The number of carbonyl (C=O) groups excluding carboxylic acids is 4. The lowest BCUT2D eigenvalue weighted by atomic mass is 9.96. The first-order valence-electron chi connectivity index (χ1n) is 24.7. The molecule has 372 valence electrons. The van der Waals surface area contributed by atoms with Crippen LogP contribution in [-0.4, -0.2) is 75.1 Å². The molecule has 0 aromatic heterocycles. The molecule has 4 aliphatic heterocycles. The summed E-state index contributed by atoms with van der Waals surface area (Å²) in [5, 5.41) is 26.4. The van der Waals surface area contributed by atoms with Gasteiger partial charge in [0, 0.05) is 70.3 Å². The van der Waals surface area contributed by atoms with E-state index in [2.05, 4.69) is 26.1 Å². The molecule has 5 aromatic carbocycles. The van der Waals surface area contributed by atoms with Gasteiger partial charge in [0.1, 0.15) is 24.7 Å². The molecule has 0 bridgehead atoms. The van der Waals surface area contributed by atoms with Crippen molar-refractivity contribution in [1.29, 1.82) is 0 Å². The minimum atomic E-state index is -0.797. The first-order chi connectivity index (χ1) is 34.1. The van der Waals surface area contributed by atoms with Crippen LogP contribution in [0, 0.1) is 6.92 Å². The maximum absolute atomic E-state index is 14.2. The smallest absolute Gasteiger partial charge is 0.259 e. The van der Waals surface area contributed by atoms with E-state index in [0.29, 0.717) is 89.8 Å². The number of para-hydroxylation sites is 2. The van der Waals surface area contributed by atoms with Crippen molar-refractivity contribution in [2.24, 2.45) is 0 Å². The molecule has 5 aromatic rings. The molecule has 3 N–H and O–H groups in total. The van der Waals surface area contributed by atoms with E-state index in [1.54, 1.807) is 43.5 Å². The normalized spacial score (nSPS) is 19.3. The van der Waals surface area contributed by atoms with Gasteiger partial charge in [0.2, 0.25) is 5.91 Å². The highest BCUT2D eigenvalue weighted by atomic mass is 33.1. The summed E-state index contributed by atoms with van der Waals surface area (Å²) in [5.74, 6) is 1.17. The van der Waals surface area contributed by atoms with Gasteiger partial charge in [0.15, 0.2) is 11.5 Å². The van der Waals surface area contributed by atoms with Crippen molar-refractivity contribution in [3.05, 3.63) is 141 Å². The minimum Gasteiger partial charge on any atom is -0.493 e. The molecule has 4 heterocycles. The number of aryl methyl sites for hydroxylation is 1. The molecule has 0 radical (unpaired) electrons. The predicted octanol–water partition coefficient (Wildman–Crippen LogP) is 10.2. The molecule has 9 rings (SSSR count). The fourth-order valence-corrected chi connectivity index (χ4v) is 12.9. The van der Waals surface area contributed by atoms with Crippen molar-refractivity contribution in [2.45, 2.75) is 140 Å². The van der Waals surface area contributed by atoms with Gasteiger partial charge in [-0.3, -0.25) is 19.2 Å². The van der Waals surface area contributed by atoms with E-state index in [-0.39, 0.29) is 60.0 Å². The summed E-state index contributed by atoms with van der Waals surface area (Å²) in [4.78, 5) is 57.3. The zero-order valence-electron chi connectivity index (χ0n) is 41.3. The van der Waals surface area contributed by atoms with Gasteiger partial charge in [-0.05, 0) is 140 Å². The zero-order valence-corrected chi connectivity index (χ0v) is 42.9. The number of fused-ring (bicyclic) bond motifs is 8. The summed E-state index contributed by atoms with van der Waals surface area (Å²) in [6.07, 6.45) is 3.05. The van der Waals surface area contributed by atoms with E-state index in [0.717, 1.165) is 51.2 Å². The number of nitrogens with zero attached hydrogens (tertiary/aromatic N) is 2. The van der Waals surface area contributed by atoms with Crippen LogP contribution < -0.4 is 29.3 Å². The van der Waals surface area contributed by atoms with Crippen molar-refractivity contribution in [3.8, 4) is 17.2 Å². The number of ether oxygens (including phenoxy) is 3. The van der Waals surface area contributed by atoms with E-state index >= 15 is 0 Å². The van der Waals surface area contributed by atoms with Crippen LogP contribution in [0.1, 0.15) is 119 Å². The number of aliphatic hydroxyl groups excluding tert-OH is 2. The number of nitrogens with one attached hydrogen (secondary N) is 1. The van der Waals surface area contributed by atoms with E-state index < -0.39 is 12.2 Å². The van der Waals surface area contributed by atoms with Gasteiger partial charge in [0.05, 0.1) is 31.4 Å². The highest BCUT2D eigenvalue weighted by Crippen LogP contribution is 2.44. The summed E-state index contributed by atoms with van der Waals surface area (Å²) in [6, 6.07) is 27.8. The Kier molecular flexibility index (Phi) is 14.9. The second-order valence-electron chi connectivity index (χ2n) is 20.0. The van der Waals surface area contributed by atoms with Crippen LogP contribution in [0.15, 0.2) is 91.0 Å². The first-order valence-corrected chi connectivity index (χ1v) is 26.9. The summed E-state index contributed by atoms with van der Waals surface area (Å²) in [6.45, 7) is 10.4. The Morgan fingerprint density at radius 2 is 1.28 bits per heavy atom. The fraction of sp³-hybridized carbons (Fsp3) is 0.404. The standard InChI is InChI=1S/C57H63N3O9S2/c1-7-42(61)17-16-34(3)70-71-57(4,5)19-18-54(64)58-41-22-35(31-68-51-28-39-26-49(62)47-24-37-12-8-10-14-45(37)59(47)55(65)43(39)20-33(51)2)21-36(23-41)32-69-53-29-40-27-50(63)48-25-38-13-9-11-15-46(38)60(48)56(66)44(40)30-52(53)67-6/h8-15,20-23,28-30,34,47-50,62-63H,7,16-19,24-27,31-32H2,1-6H3,(H,58,64)/t34?,47-,48-,49?,50?/m0/s1. The Hall–Kier alpha value is -5.80. The molecule has 0 saturated heterocycles. The number of Topliss-reactive ketones (excluding diaryl/α,β-unsaturated/α-hetero) is 1. The summed E-state index contributed by atoms with van der Waals surface area (Å²) >= 11 is 0. The average molecular weight is 998 g/mol. The zero-order chi connectivity index (χ0) is 50.1. The van der Waals surface area contributed by atoms with Gasteiger partial charge in [-0.25, -0.2) is 0 Å². The number of benzene rings is 5. The summed E-state index contributed by atoms with van der Waals surface area (Å²) in [7, 11) is 5.04. The summed E-state index contributed by atoms with van der Waals surface area (Å²) in [5.41, 5.74) is 8.95. The highest BCUT2D eigenvalue weighted by molar-refractivity contribution is 8.77. The Bertz CT molecular complexity index is 2870. The third kappa shape index (κ3) is 10.9. The molecule has 0 spiro atoms. The number of hydrogen-bond donors (Lipinski definition) is 3. The molecule has 3 unspecified atom stereocenters. The molecule has 3 amide bonds. The monoisotopic (exact) mass is 997 g/mol. The molecule has 0 fully saturated rings. The topological polar surface area (TPSA) is 155 Å². The third-order valence-electron chi connectivity index (χ3n) is 14.2. The maximum Gasteiger partial charge on any atom is 0.259 e. The maximum atomic E-state index is 14.2. The number of anilines is 3. The predicted molar refractivity (Wildman–Crippen MR) is 281 cm³/mol. The number of rotatable bonds is 18. The van der Waals surface area contributed by atoms with Crippen molar-refractivity contribution >= 4 is 62.2 Å². The summed E-state index contributed by atoms with van der Waals surface area (Å²) < 4.78 is 18.6. The van der Waals surface area contributed by atoms with Gasteiger partial charge in [0.25, 0.3) is 11.8 Å². The number of methoxy groups -OCH3 is 1. The highest BCUT2D eigenvalue weighted by Gasteiger charge is 2.43. The van der Waals surface area contributed by atoms with E-state index in [1.165, 1.54) is 7.11 Å². The van der Waals surface area contributed by atoms with Crippen LogP contribution in [0.4, 0.5) is 17.1 Å². The van der Waals surface area contributed by atoms with E-state index in [1.807, 2.05) is 92.7 Å². The SMILES string of the molecule is CCC(=O)CCC(C)SSC(C)(C)CCC(=O)Nc1cc(COc2cc3c(cc2C)C(=O)N2c4ccccc4C[C@H]2C(O)C3)cc(COc2cc3c(cc2OC)C(=O)N2c4ccccc4C[C@H]2C(O)C3)c1. The van der Waals surface area contributed by atoms with E-state index in [4.69, 9.17) is 14.2 Å². The van der Waals surface area contributed by atoms with Gasteiger partial charge in [-0.15, -0.1) is 0 Å². The van der Waals surface area contributed by atoms with Crippen molar-refractivity contribution in [2.75, 3.05) is 22.2 Å². The van der Waals surface area contributed by atoms with Crippen LogP contribution in [0.2, 0.25) is 0 Å². The van der Waals surface area contributed by atoms with Crippen LogP contribution in [0.25, 0.3) is 0 Å². The second kappa shape index (κ2) is 21.1. The van der Waals surface area contributed by atoms with Crippen LogP contribution in [0.5, 0.6) is 17.2 Å². The molecule has 12 nitrogen and oxygen atoms in total. The lowest BCUT2D eigenvalue weighted by Crippen LogP contribution is -2.43. The second-order valence-corrected chi connectivity index (χ2v) is 23.3. The molecule has 4 aliphatic rings. The van der Waals surface area contributed by atoms with Gasteiger partial charge in [-0.2, -0.15) is 0 Å². The molecular weight excluding hydrogens is 935 g/mol. The Morgan fingerprint density at radius 3 is 1.86 bits per heavy atom. The number of amides is 3. The number of hydrogen-bond acceptors (Lipinski definition) is 11. The Morgan fingerprint density at radius 1 is 0.732 bits per heavy atom. The van der Waals surface area contributed by atoms with Gasteiger partial charge < -0.3 is 39.5 Å². The van der Waals surface area contributed by atoms with E-state index in [9.17, 15) is 29.4 Å². The van der Waals surface area contributed by atoms with Crippen LogP contribution in [-0.2, 0) is 48.5 Å². The van der Waals surface area contributed by atoms with Crippen molar-refractivity contribution in [3.63, 3.8) is 0 Å². The minimum absolute atomic E-state index is 0.0755. The lowest BCUT2D eigenvalue weighted by molar-refractivity contribution is -0.119. The molecule has 0 aliphatic carbocycles. The third-order valence-corrected chi connectivity index (χ3v) is 18.1. The molecule has 5 atom stereocenters. The quantitative estimate of drug-likeness (QED) is 0.0719. The number of carbonyl (C=O) groups is 4.